The van der Waals surface area contributed by atoms with Crippen molar-refractivity contribution in [3.05, 3.63) is 113 Å². The molecule has 0 aliphatic carbocycles. The zero-order valence-electron chi connectivity index (χ0n) is 22.8. The number of ether oxygens (including phenoxy) is 1. The number of hydrogen-bond acceptors (Lipinski definition) is 5. The monoisotopic (exact) mass is 532 g/mol. The van der Waals surface area contributed by atoms with Crippen molar-refractivity contribution in [2.24, 2.45) is 0 Å². The fourth-order valence-electron chi connectivity index (χ4n) is 5.52. The summed E-state index contributed by atoms with van der Waals surface area (Å²) in [5.74, 6) is 1.49. The molecule has 0 saturated carbocycles. The van der Waals surface area contributed by atoms with Gasteiger partial charge in [-0.3, -0.25) is 19.1 Å². The number of carbonyl (C=O) groups excluding carboxylic acids is 1. The zero-order chi connectivity index (χ0) is 27.6. The Hall–Kier alpha value is -4.49. The van der Waals surface area contributed by atoms with Crippen molar-refractivity contribution in [2.75, 3.05) is 32.8 Å². The molecule has 1 saturated heterocycles. The van der Waals surface area contributed by atoms with Crippen LogP contribution in [0.4, 0.5) is 0 Å². The van der Waals surface area contributed by atoms with Gasteiger partial charge in [0.25, 0.3) is 11.5 Å². The lowest BCUT2D eigenvalue weighted by molar-refractivity contribution is 0.0573. The third-order valence-corrected chi connectivity index (χ3v) is 7.73. The van der Waals surface area contributed by atoms with E-state index in [2.05, 4.69) is 17.9 Å². The van der Waals surface area contributed by atoms with E-state index >= 15 is 0 Å². The number of para-hydroxylation sites is 1. The number of amides is 1. The van der Waals surface area contributed by atoms with Crippen molar-refractivity contribution in [1.29, 1.82) is 0 Å². The summed E-state index contributed by atoms with van der Waals surface area (Å²) < 4.78 is 7.33. The van der Waals surface area contributed by atoms with Gasteiger partial charge in [0.1, 0.15) is 11.6 Å². The predicted molar refractivity (Wildman–Crippen MR) is 158 cm³/mol. The van der Waals surface area contributed by atoms with Gasteiger partial charge in [-0.15, -0.1) is 0 Å². The molecule has 2 heterocycles. The minimum Gasteiger partial charge on any atom is -0.494 e. The summed E-state index contributed by atoms with van der Waals surface area (Å²) in [6, 6.07) is 28.9. The first-order valence-electron chi connectivity index (χ1n) is 13.8. The van der Waals surface area contributed by atoms with Crippen LogP contribution in [0, 0.1) is 0 Å². The first-order valence-corrected chi connectivity index (χ1v) is 13.8. The van der Waals surface area contributed by atoms with Crippen LogP contribution in [0.25, 0.3) is 27.4 Å². The molecular formula is C33H32N4O3. The Labute approximate surface area is 233 Å². The number of rotatable bonds is 6. The molecular weight excluding hydrogens is 500 g/mol. The first kappa shape index (κ1) is 25.8. The largest absolute Gasteiger partial charge is 0.494 e. The lowest BCUT2D eigenvalue weighted by Crippen LogP contribution is -2.50. The Bertz CT molecular complexity index is 1740. The molecule has 4 aromatic carbocycles. The fourth-order valence-corrected chi connectivity index (χ4v) is 5.52. The van der Waals surface area contributed by atoms with Crippen molar-refractivity contribution >= 4 is 27.6 Å². The van der Waals surface area contributed by atoms with E-state index in [1.807, 2.05) is 96.8 Å². The van der Waals surface area contributed by atoms with E-state index < -0.39 is 0 Å². The molecule has 1 aromatic heterocycles. The maximum atomic E-state index is 13.8. The fraction of sp³-hybridized carbons (Fsp3) is 0.242. The summed E-state index contributed by atoms with van der Waals surface area (Å²) in [4.78, 5) is 36.3. The number of piperazine rings is 1. The van der Waals surface area contributed by atoms with Crippen LogP contribution in [-0.2, 0) is 0 Å². The van der Waals surface area contributed by atoms with E-state index in [0.29, 0.717) is 55.1 Å². The molecule has 1 unspecified atom stereocenters. The highest BCUT2D eigenvalue weighted by atomic mass is 16.5. The summed E-state index contributed by atoms with van der Waals surface area (Å²) in [5, 5.41) is 2.77. The van der Waals surface area contributed by atoms with Crippen molar-refractivity contribution in [2.45, 2.75) is 19.9 Å². The van der Waals surface area contributed by atoms with E-state index in [9.17, 15) is 9.59 Å². The average Bonchev–Trinajstić information content (AvgIpc) is 3.01. The van der Waals surface area contributed by atoms with Gasteiger partial charge in [0.05, 0.1) is 29.2 Å². The standard InChI is InChI=1S/C33H32N4O3/c1-3-40-28-16-14-27(15-17-28)37-31(34-30-11-7-6-10-29(30)33(37)39)23(2)35-18-20-36(21-19-35)32(38)26-13-12-24-8-4-5-9-25(24)22-26/h4-17,22-23H,3,18-21H2,1-2H3. The zero-order valence-corrected chi connectivity index (χ0v) is 22.8. The number of aromatic nitrogens is 2. The molecule has 7 nitrogen and oxygen atoms in total. The Morgan fingerprint density at radius 2 is 1.57 bits per heavy atom. The number of carbonyl (C=O) groups is 1. The normalized spacial score (nSPS) is 14.9. The average molecular weight is 533 g/mol. The van der Waals surface area contributed by atoms with Crippen LogP contribution in [0.3, 0.4) is 0 Å². The number of nitrogens with zero attached hydrogens (tertiary/aromatic N) is 4. The second kappa shape index (κ2) is 10.9. The van der Waals surface area contributed by atoms with Crippen LogP contribution < -0.4 is 10.3 Å². The Balaban J connectivity index is 1.26. The second-order valence-electron chi connectivity index (χ2n) is 10.1. The number of benzene rings is 4. The van der Waals surface area contributed by atoms with Crippen molar-refractivity contribution in [3.8, 4) is 11.4 Å². The van der Waals surface area contributed by atoms with E-state index in [-0.39, 0.29) is 17.5 Å². The third-order valence-electron chi connectivity index (χ3n) is 7.73. The van der Waals surface area contributed by atoms with E-state index in [4.69, 9.17) is 9.72 Å². The molecule has 0 bridgehead atoms. The van der Waals surface area contributed by atoms with Crippen LogP contribution in [0.5, 0.6) is 5.75 Å². The molecule has 1 amide bonds. The van der Waals surface area contributed by atoms with E-state index in [1.54, 1.807) is 4.57 Å². The SMILES string of the molecule is CCOc1ccc(-n2c(C(C)N3CCN(C(=O)c4ccc5ccccc5c4)CC3)nc3ccccc3c2=O)cc1. The van der Waals surface area contributed by atoms with Gasteiger partial charge in [-0.05, 0) is 73.2 Å². The van der Waals surface area contributed by atoms with Gasteiger partial charge in [0.2, 0.25) is 0 Å². The van der Waals surface area contributed by atoms with Gasteiger partial charge in [-0.25, -0.2) is 4.98 Å². The predicted octanol–water partition coefficient (Wildman–Crippen LogP) is 5.46. The Morgan fingerprint density at radius 3 is 2.33 bits per heavy atom. The summed E-state index contributed by atoms with van der Waals surface area (Å²) in [6.45, 7) is 7.20. The van der Waals surface area contributed by atoms with Crippen molar-refractivity contribution < 1.29 is 9.53 Å². The molecule has 5 aromatic rings. The van der Waals surface area contributed by atoms with Crippen molar-refractivity contribution in [1.82, 2.24) is 19.4 Å². The Kier molecular flexibility index (Phi) is 7.05. The molecule has 202 valence electrons. The van der Waals surface area contributed by atoms with Gasteiger partial charge in [-0.2, -0.15) is 0 Å². The van der Waals surface area contributed by atoms with Crippen LogP contribution in [0.2, 0.25) is 0 Å². The number of fused-ring (bicyclic) bond motifs is 2. The van der Waals surface area contributed by atoms with E-state index in [0.717, 1.165) is 22.2 Å². The summed E-state index contributed by atoms with van der Waals surface area (Å²) in [7, 11) is 0. The minimum absolute atomic E-state index is 0.0492. The molecule has 40 heavy (non-hydrogen) atoms. The maximum Gasteiger partial charge on any atom is 0.266 e. The summed E-state index contributed by atoms with van der Waals surface area (Å²) in [5.41, 5.74) is 2.04. The molecule has 0 spiro atoms. The van der Waals surface area contributed by atoms with Gasteiger partial charge in [-0.1, -0.05) is 42.5 Å². The highest BCUT2D eigenvalue weighted by molar-refractivity contribution is 5.98. The minimum atomic E-state index is -0.137. The molecule has 0 radical (unpaired) electrons. The topological polar surface area (TPSA) is 67.7 Å². The smallest absolute Gasteiger partial charge is 0.266 e. The highest BCUT2D eigenvalue weighted by Crippen LogP contribution is 2.25. The summed E-state index contributed by atoms with van der Waals surface area (Å²) >= 11 is 0. The Morgan fingerprint density at radius 1 is 0.875 bits per heavy atom. The van der Waals surface area contributed by atoms with Gasteiger partial charge in [0.15, 0.2) is 0 Å². The molecule has 1 atom stereocenters. The van der Waals surface area contributed by atoms with Crippen LogP contribution in [-0.4, -0.2) is 58.0 Å². The second-order valence-corrected chi connectivity index (χ2v) is 10.1. The molecule has 7 heteroatoms. The van der Waals surface area contributed by atoms with Gasteiger partial charge < -0.3 is 9.64 Å². The molecule has 1 fully saturated rings. The molecule has 0 N–H and O–H groups in total. The molecule has 1 aliphatic rings. The lowest BCUT2D eigenvalue weighted by atomic mass is 10.1. The molecule has 6 rings (SSSR count). The maximum absolute atomic E-state index is 13.8. The van der Waals surface area contributed by atoms with Crippen LogP contribution in [0.1, 0.15) is 36.1 Å². The number of hydrogen-bond donors (Lipinski definition) is 0. The molecule has 1 aliphatic heterocycles. The summed E-state index contributed by atoms with van der Waals surface area (Å²) in [6.07, 6.45) is 0. The van der Waals surface area contributed by atoms with Crippen LogP contribution >= 0.6 is 0 Å². The highest BCUT2D eigenvalue weighted by Gasteiger charge is 2.28. The van der Waals surface area contributed by atoms with Gasteiger partial charge >= 0.3 is 0 Å². The third kappa shape index (κ3) is 4.84. The lowest BCUT2D eigenvalue weighted by Gasteiger charge is -2.38. The van der Waals surface area contributed by atoms with E-state index in [1.165, 1.54) is 0 Å². The van der Waals surface area contributed by atoms with Crippen molar-refractivity contribution in [3.63, 3.8) is 0 Å². The van der Waals surface area contributed by atoms with Gasteiger partial charge in [0, 0.05) is 31.7 Å². The first-order chi connectivity index (χ1) is 19.5. The quantitative estimate of drug-likeness (QED) is 0.291. The van der Waals surface area contributed by atoms with Crippen LogP contribution in [0.15, 0.2) is 95.8 Å².